The normalized spacial score (nSPS) is 34.8. The second-order valence-electron chi connectivity index (χ2n) is 3.44. The molecule has 0 unspecified atom stereocenters. The first kappa shape index (κ1) is 8.02. The third-order valence-electron chi connectivity index (χ3n) is 2.35. The summed E-state index contributed by atoms with van der Waals surface area (Å²) in [7, 11) is 4.17. The maximum absolute atomic E-state index is 9.30. The van der Waals surface area contributed by atoms with Gasteiger partial charge in [0.05, 0.1) is 6.10 Å². The van der Waals surface area contributed by atoms with Crippen molar-refractivity contribution in [3.8, 4) is 0 Å². The number of hydrogen-bond donors (Lipinski definition) is 1. The average Bonchev–Trinajstić information content (AvgIpc) is 1.88. The minimum atomic E-state index is -0.0406. The van der Waals surface area contributed by atoms with Crippen LogP contribution in [0, 0.1) is 0 Å². The van der Waals surface area contributed by atoms with Crippen molar-refractivity contribution in [3.63, 3.8) is 0 Å². The van der Waals surface area contributed by atoms with Crippen LogP contribution in [-0.2, 0) is 0 Å². The van der Waals surface area contributed by atoms with Crippen LogP contribution in [0.3, 0.4) is 0 Å². The van der Waals surface area contributed by atoms with Gasteiger partial charge < -0.3 is 10.0 Å². The summed E-state index contributed by atoms with van der Waals surface area (Å²) in [4.78, 5) is 2.21. The van der Waals surface area contributed by atoms with Crippen LogP contribution in [0.25, 0.3) is 0 Å². The van der Waals surface area contributed by atoms with Crippen LogP contribution in [0.2, 0.25) is 0 Å². The highest BCUT2D eigenvalue weighted by Crippen LogP contribution is 2.20. The van der Waals surface area contributed by atoms with E-state index in [0.717, 1.165) is 12.8 Å². The van der Waals surface area contributed by atoms with E-state index in [4.69, 9.17) is 0 Å². The van der Waals surface area contributed by atoms with E-state index in [9.17, 15) is 5.11 Å². The van der Waals surface area contributed by atoms with Gasteiger partial charge in [-0.1, -0.05) is 0 Å². The molecule has 1 aliphatic carbocycles. The Kier molecular flexibility index (Phi) is 2.69. The van der Waals surface area contributed by atoms with Gasteiger partial charge in [-0.05, 0) is 39.8 Å². The fourth-order valence-corrected chi connectivity index (χ4v) is 1.61. The molecule has 0 aromatic heterocycles. The second kappa shape index (κ2) is 3.35. The molecule has 1 saturated carbocycles. The highest BCUT2D eigenvalue weighted by atomic mass is 16.3. The van der Waals surface area contributed by atoms with Crippen molar-refractivity contribution in [1.82, 2.24) is 4.90 Å². The van der Waals surface area contributed by atoms with Gasteiger partial charge in [-0.2, -0.15) is 0 Å². The summed E-state index contributed by atoms with van der Waals surface area (Å²) >= 11 is 0. The zero-order valence-corrected chi connectivity index (χ0v) is 6.88. The molecule has 0 aromatic carbocycles. The Labute approximate surface area is 62.8 Å². The second-order valence-corrected chi connectivity index (χ2v) is 3.44. The van der Waals surface area contributed by atoms with Gasteiger partial charge in [-0.25, -0.2) is 0 Å². The van der Waals surface area contributed by atoms with Gasteiger partial charge >= 0.3 is 0 Å². The molecule has 0 saturated heterocycles. The van der Waals surface area contributed by atoms with Crippen LogP contribution in [-0.4, -0.2) is 36.2 Å². The molecule has 10 heavy (non-hydrogen) atoms. The quantitative estimate of drug-likeness (QED) is 0.588. The standard InChI is InChI=1S/C8H17NO/c1-9(2)7-4-3-5-8(10)6-7/h7-8,10H,3-6H2,1-2H3/t7-,8+/m1/s1. The number of aliphatic hydroxyl groups is 1. The Morgan fingerprint density at radius 1 is 1.30 bits per heavy atom. The number of rotatable bonds is 1. The number of aliphatic hydroxyl groups excluding tert-OH is 1. The predicted molar refractivity (Wildman–Crippen MR) is 41.9 cm³/mol. The van der Waals surface area contributed by atoms with Crippen LogP contribution in [0.15, 0.2) is 0 Å². The Balaban J connectivity index is 2.32. The Morgan fingerprint density at radius 3 is 2.40 bits per heavy atom. The molecule has 1 rings (SSSR count). The Morgan fingerprint density at radius 2 is 2.00 bits per heavy atom. The molecule has 1 N–H and O–H groups in total. The maximum atomic E-state index is 9.30. The molecule has 2 nitrogen and oxygen atoms in total. The van der Waals surface area contributed by atoms with Gasteiger partial charge in [0.25, 0.3) is 0 Å². The lowest BCUT2D eigenvalue weighted by Crippen LogP contribution is -2.34. The van der Waals surface area contributed by atoms with Crippen molar-refractivity contribution in [2.75, 3.05) is 14.1 Å². The average molecular weight is 143 g/mol. The van der Waals surface area contributed by atoms with Gasteiger partial charge in [0.1, 0.15) is 0 Å². The first-order chi connectivity index (χ1) is 4.70. The summed E-state index contributed by atoms with van der Waals surface area (Å²) < 4.78 is 0. The molecule has 1 aliphatic rings. The number of hydrogen-bond acceptors (Lipinski definition) is 2. The van der Waals surface area contributed by atoms with E-state index in [0.29, 0.717) is 6.04 Å². The molecule has 0 aliphatic heterocycles. The summed E-state index contributed by atoms with van der Waals surface area (Å²) in [5.41, 5.74) is 0. The topological polar surface area (TPSA) is 23.5 Å². The lowest BCUT2D eigenvalue weighted by Gasteiger charge is -2.30. The molecule has 1 fully saturated rings. The van der Waals surface area contributed by atoms with Crippen LogP contribution in [0.5, 0.6) is 0 Å². The van der Waals surface area contributed by atoms with Crippen LogP contribution >= 0.6 is 0 Å². The van der Waals surface area contributed by atoms with Crippen LogP contribution < -0.4 is 0 Å². The fraction of sp³-hybridized carbons (Fsp3) is 1.00. The summed E-state index contributed by atoms with van der Waals surface area (Å²) in [5.74, 6) is 0. The SMILES string of the molecule is CN(C)[C@@H]1CCC[C@H](O)C1. The van der Waals surface area contributed by atoms with Crippen molar-refractivity contribution in [3.05, 3.63) is 0 Å². The third-order valence-corrected chi connectivity index (χ3v) is 2.35. The van der Waals surface area contributed by atoms with Crippen molar-refractivity contribution in [1.29, 1.82) is 0 Å². The summed E-state index contributed by atoms with van der Waals surface area (Å²) in [5, 5.41) is 9.30. The first-order valence-corrected chi connectivity index (χ1v) is 4.04. The van der Waals surface area contributed by atoms with E-state index in [-0.39, 0.29) is 6.10 Å². The van der Waals surface area contributed by atoms with Gasteiger partial charge in [-0.3, -0.25) is 0 Å². The monoisotopic (exact) mass is 143 g/mol. The van der Waals surface area contributed by atoms with Crippen molar-refractivity contribution >= 4 is 0 Å². The largest absolute Gasteiger partial charge is 0.393 e. The molecule has 0 heterocycles. The van der Waals surface area contributed by atoms with E-state index in [2.05, 4.69) is 19.0 Å². The van der Waals surface area contributed by atoms with Gasteiger partial charge in [0.15, 0.2) is 0 Å². The molecule has 0 spiro atoms. The maximum Gasteiger partial charge on any atom is 0.0555 e. The predicted octanol–water partition coefficient (Wildman–Crippen LogP) is 0.851. The molecule has 2 atom stereocenters. The Hall–Kier alpha value is -0.0800. The first-order valence-electron chi connectivity index (χ1n) is 4.04. The molecule has 60 valence electrons. The fourth-order valence-electron chi connectivity index (χ4n) is 1.61. The molecule has 0 radical (unpaired) electrons. The van der Waals surface area contributed by atoms with Crippen LogP contribution in [0.1, 0.15) is 25.7 Å². The smallest absolute Gasteiger partial charge is 0.0555 e. The zero-order chi connectivity index (χ0) is 7.56. The van der Waals surface area contributed by atoms with Gasteiger partial charge in [0, 0.05) is 6.04 Å². The van der Waals surface area contributed by atoms with Crippen LogP contribution in [0.4, 0.5) is 0 Å². The lowest BCUT2D eigenvalue weighted by atomic mass is 9.92. The van der Waals surface area contributed by atoms with E-state index in [1.165, 1.54) is 12.8 Å². The van der Waals surface area contributed by atoms with E-state index >= 15 is 0 Å². The van der Waals surface area contributed by atoms with E-state index in [1.54, 1.807) is 0 Å². The lowest BCUT2D eigenvalue weighted by molar-refractivity contribution is 0.0820. The van der Waals surface area contributed by atoms with Crippen molar-refractivity contribution in [2.45, 2.75) is 37.8 Å². The van der Waals surface area contributed by atoms with Gasteiger partial charge in [0.2, 0.25) is 0 Å². The third kappa shape index (κ3) is 1.96. The van der Waals surface area contributed by atoms with Crippen molar-refractivity contribution < 1.29 is 5.11 Å². The van der Waals surface area contributed by atoms with E-state index < -0.39 is 0 Å². The van der Waals surface area contributed by atoms with Gasteiger partial charge in [-0.15, -0.1) is 0 Å². The summed E-state index contributed by atoms with van der Waals surface area (Å²) in [6, 6.07) is 0.615. The molecule has 0 bridgehead atoms. The summed E-state index contributed by atoms with van der Waals surface area (Å²) in [6.45, 7) is 0. The number of nitrogens with zero attached hydrogens (tertiary/aromatic N) is 1. The highest BCUT2D eigenvalue weighted by Gasteiger charge is 2.20. The molecular weight excluding hydrogens is 126 g/mol. The molecular formula is C8H17NO. The molecule has 2 heteroatoms. The zero-order valence-electron chi connectivity index (χ0n) is 6.88. The Bertz CT molecular complexity index is 103. The minimum Gasteiger partial charge on any atom is -0.393 e. The molecule has 0 amide bonds. The minimum absolute atomic E-state index is 0.0406. The molecule has 0 aromatic rings. The van der Waals surface area contributed by atoms with E-state index in [1.807, 2.05) is 0 Å². The highest BCUT2D eigenvalue weighted by molar-refractivity contribution is 4.76. The summed E-state index contributed by atoms with van der Waals surface area (Å²) in [6.07, 6.45) is 4.37. The van der Waals surface area contributed by atoms with Crippen molar-refractivity contribution in [2.24, 2.45) is 0 Å².